The van der Waals surface area contributed by atoms with Crippen LogP contribution in [0.2, 0.25) is 0 Å². The first kappa shape index (κ1) is 23.9. The van der Waals surface area contributed by atoms with E-state index in [0.29, 0.717) is 23.3 Å². The molecule has 1 amide bonds. The lowest BCUT2D eigenvalue weighted by atomic mass is 9.75. The highest BCUT2D eigenvalue weighted by Crippen LogP contribution is 2.39. The minimum absolute atomic E-state index is 0.0514. The third kappa shape index (κ3) is 5.05. The number of hydrogen-bond donors (Lipinski definition) is 1. The summed E-state index contributed by atoms with van der Waals surface area (Å²) in [5.41, 5.74) is 4.15. The van der Waals surface area contributed by atoms with Crippen LogP contribution in [-0.4, -0.2) is 34.0 Å². The lowest BCUT2D eigenvalue weighted by Crippen LogP contribution is -2.39. The van der Waals surface area contributed by atoms with E-state index in [9.17, 15) is 9.18 Å². The van der Waals surface area contributed by atoms with Crippen LogP contribution in [0, 0.1) is 11.7 Å². The molecule has 7 heteroatoms. The largest absolute Gasteiger partial charge is 0.481 e. The van der Waals surface area contributed by atoms with Gasteiger partial charge in [0.1, 0.15) is 5.82 Å². The van der Waals surface area contributed by atoms with Crippen molar-refractivity contribution in [3.8, 4) is 17.1 Å². The number of carbonyl (C=O) groups is 1. The van der Waals surface area contributed by atoms with Gasteiger partial charge >= 0.3 is 0 Å². The molecule has 0 spiro atoms. The molecular formula is C29H29FN4O2. The Morgan fingerprint density at radius 2 is 1.83 bits per heavy atom. The molecule has 1 aliphatic carbocycles. The van der Waals surface area contributed by atoms with Crippen molar-refractivity contribution in [2.75, 3.05) is 7.11 Å². The highest BCUT2D eigenvalue weighted by Gasteiger charge is 2.28. The van der Waals surface area contributed by atoms with Crippen LogP contribution in [0.15, 0.2) is 67.1 Å². The number of hydrogen-bond acceptors (Lipinski definition) is 5. The van der Waals surface area contributed by atoms with Gasteiger partial charge in [0, 0.05) is 41.6 Å². The molecule has 0 unspecified atom stereocenters. The third-order valence-corrected chi connectivity index (χ3v) is 7.28. The van der Waals surface area contributed by atoms with Crippen LogP contribution in [0.3, 0.4) is 0 Å². The van der Waals surface area contributed by atoms with E-state index in [-0.39, 0.29) is 17.8 Å². The van der Waals surface area contributed by atoms with Crippen molar-refractivity contribution in [1.29, 1.82) is 0 Å². The molecule has 0 radical (unpaired) electrons. The Kier molecular flexibility index (Phi) is 6.89. The van der Waals surface area contributed by atoms with E-state index in [1.165, 1.54) is 11.6 Å². The number of ether oxygens (including phenoxy) is 1. The van der Waals surface area contributed by atoms with Crippen LogP contribution < -0.4 is 10.1 Å². The summed E-state index contributed by atoms with van der Waals surface area (Å²) in [6.07, 6.45) is 9.14. The number of rotatable bonds is 6. The normalized spacial score (nSPS) is 18.5. The van der Waals surface area contributed by atoms with E-state index < -0.39 is 0 Å². The number of halogens is 1. The second-order valence-electron chi connectivity index (χ2n) is 9.46. The monoisotopic (exact) mass is 484 g/mol. The van der Waals surface area contributed by atoms with Crippen molar-refractivity contribution in [2.45, 2.75) is 44.6 Å². The van der Waals surface area contributed by atoms with Crippen LogP contribution >= 0.6 is 0 Å². The lowest BCUT2D eigenvalue weighted by Gasteiger charge is -2.33. The average Bonchev–Trinajstić information content (AvgIpc) is 2.93. The van der Waals surface area contributed by atoms with Crippen LogP contribution in [0.25, 0.3) is 22.2 Å². The number of pyridine rings is 3. The summed E-state index contributed by atoms with van der Waals surface area (Å²) < 4.78 is 19.0. The van der Waals surface area contributed by atoms with Crippen molar-refractivity contribution in [1.82, 2.24) is 20.3 Å². The topological polar surface area (TPSA) is 77.0 Å². The van der Waals surface area contributed by atoms with Gasteiger partial charge in [-0.05, 0) is 92.5 Å². The van der Waals surface area contributed by atoms with E-state index in [2.05, 4.69) is 27.2 Å². The molecule has 36 heavy (non-hydrogen) atoms. The number of nitrogens with zero attached hydrogens (tertiary/aromatic N) is 3. The van der Waals surface area contributed by atoms with Gasteiger partial charge in [0.15, 0.2) is 0 Å². The van der Waals surface area contributed by atoms with Gasteiger partial charge in [-0.25, -0.2) is 9.37 Å². The van der Waals surface area contributed by atoms with Crippen LogP contribution in [0.4, 0.5) is 4.39 Å². The summed E-state index contributed by atoms with van der Waals surface area (Å²) in [6, 6.07) is 14.2. The fraction of sp³-hybridized carbons (Fsp3) is 0.310. The Morgan fingerprint density at radius 3 is 2.53 bits per heavy atom. The van der Waals surface area contributed by atoms with E-state index in [1.54, 1.807) is 43.8 Å². The van der Waals surface area contributed by atoms with Crippen molar-refractivity contribution in [3.63, 3.8) is 0 Å². The predicted molar refractivity (Wildman–Crippen MR) is 137 cm³/mol. The van der Waals surface area contributed by atoms with Gasteiger partial charge < -0.3 is 10.1 Å². The second-order valence-corrected chi connectivity index (χ2v) is 9.46. The Balaban J connectivity index is 1.18. The molecular weight excluding hydrogens is 455 g/mol. The maximum Gasteiger partial charge on any atom is 0.253 e. The number of methoxy groups -OCH3 is 1. The minimum atomic E-state index is -0.232. The summed E-state index contributed by atoms with van der Waals surface area (Å²) in [7, 11) is 1.57. The first-order chi connectivity index (χ1) is 17.5. The van der Waals surface area contributed by atoms with Gasteiger partial charge in [-0.2, -0.15) is 0 Å². The maximum absolute atomic E-state index is 13.9. The van der Waals surface area contributed by atoms with Crippen LogP contribution in [0.5, 0.6) is 5.88 Å². The molecule has 3 heterocycles. The van der Waals surface area contributed by atoms with Crippen LogP contribution in [0.1, 0.15) is 54.4 Å². The number of amides is 1. The molecule has 0 aliphatic heterocycles. The molecule has 1 fully saturated rings. The highest BCUT2D eigenvalue weighted by molar-refractivity contribution is 5.94. The smallest absolute Gasteiger partial charge is 0.253 e. The highest BCUT2D eigenvalue weighted by atomic mass is 19.1. The maximum atomic E-state index is 13.9. The first-order valence-corrected chi connectivity index (χ1v) is 12.3. The van der Waals surface area contributed by atoms with E-state index >= 15 is 0 Å². The van der Waals surface area contributed by atoms with E-state index in [4.69, 9.17) is 4.74 Å². The molecule has 3 aromatic heterocycles. The Hall–Kier alpha value is -3.87. The summed E-state index contributed by atoms with van der Waals surface area (Å²) >= 11 is 0. The van der Waals surface area contributed by atoms with Crippen molar-refractivity contribution in [3.05, 3.63) is 84.1 Å². The average molecular weight is 485 g/mol. The van der Waals surface area contributed by atoms with E-state index in [0.717, 1.165) is 47.8 Å². The molecule has 0 bridgehead atoms. The predicted octanol–water partition coefficient (Wildman–Crippen LogP) is 5.93. The standard InChI is InChI=1S/C29H29FN4O2/c1-18(34-29(35)22-7-10-26(32-17-22)21-8-12-28(36-2)33-16-21)19-3-5-20(6-4-19)24-13-14-31-27-11-9-23(30)15-25(24)27/h7-20H,3-6H2,1-2H3,(H,34,35)/t18-,19?,20?/m1/s1. The quantitative estimate of drug-likeness (QED) is 0.367. The summed E-state index contributed by atoms with van der Waals surface area (Å²) in [4.78, 5) is 25.9. The lowest BCUT2D eigenvalue weighted by molar-refractivity contribution is 0.0917. The summed E-state index contributed by atoms with van der Waals surface area (Å²) in [5, 5.41) is 4.07. The molecule has 1 aromatic carbocycles. The molecule has 1 saturated carbocycles. The second kappa shape index (κ2) is 10.4. The zero-order valence-electron chi connectivity index (χ0n) is 20.4. The fourth-order valence-electron chi connectivity index (χ4n) is 5.19. The van der Waals surface area contributed by atoms with Crippen molar-refractivity contribution < 1.29 is 13.9 Å². The number of nitrogens with one attached hydrogen (secondary N) is 1. The van der Waals surface area contributed by atoms with Gasteiger partial charge in [-0.3, -0.25) is 14.8 Å². The van der Waals surface area contributed by atoms with Gasteiger partial charge in [0.05, 0.1) is 23.9 Å². The zero-order valence-corrected chi connectivity index (χ0v) is 20.4. The first-order valence-electron chi connectivity index (χ1n) is 12.3. The number of aromatic nitrogens is 3. The molecule has 1 atom stereocenters. The summed E-state index contributed by atoms with van der Waals surface area (Å²) in [5.74, 6) is 0.964. The number of benzene rings is 1. The number of carbonyl (C=O) groups excluding carboxylic acids is 1. The van der Waals surface area contributed by atoms with Gasteiger partial charge in [-0.1, -0.05) is 0 Å². The molecule has 6 nitrogen and oxygen atoms in total. The van der Waals surface area contributed by atoms with Gasteiger partial charge in [-0.15, -0.1) is 0 Å². The Labute approximate surface area is 210 Å². The molecule has 1 N–H and O–H groups in total. The Bertz CT molecular complexity index is 1350. The SMILES string of the molecule is COc1ccc(-c2ccc(C(=O)N[C@H](C)C3CCC(c4ccnc5ccc(F)cc45)CC3)cn2)cn1. The van der Waals surface area contributed by atoms with E-state index in [1.807, 2.05) is 24.4 Å². The molecule has 184 valence electrons. The van der Waals surface area contributed by atoms with Gasteiger partial charge in [0.2, 0.25) is 5.88 Å². The number of fused-ring (bicyclic) bond motifs is 1. The fourth-order valence-corrected chi connectivity index (χ4v) is 5.19. The van der Waals surface area contributed by atoms with Crippen molar-refractivity contribution in [2.24, 2.45) is 5.92 Å². The van der Waals surface area contributed by atoms with Gasteiger partial charge in [0.25, 0.3) is 5.91 Å². The Morgan fingerprint density at radius 1 is 1.00 bits per heavy atom. The third-order valence-electron chi connectivity index (χ3n) is 7.28. The minimum Gasteiger partial charge on any atom is -0.481 e. The van der Waals surface area contributed by atoms with Crippen molar-refractivity contribution >= 4 is 16.8 Å². The molecule has 4 aromatic rings. The van der Waals surface area contributed by atoms with Crippen LogP contribution in [-0.2, 0) is 0 Å². The molecule has 0 saturated heterocycles. The zero-order chi connectivity index (χ0) is 25.1. The molecule has 1 aliphatic rings. The molecule has 5 rings (SSSR count). The summed E-state index contributed by atoms with van der Waals surface area (Å²) in [6.45, 7) is 2.07.